The zero-order valence-electron chi connectivity index (χ0n) is 32.7. The lowest BCUT2D eigenvalue weighted by Crippen LogP contribution is -2.30. The summed E-state index contributed by atoms with van der Waals surface area (Å²) in [5.74, 6) is 4.01. The van der Waals surface area contributed by atoms with Crippen LogP contribution in [0.3, 0.4) is 0 Å². The number of carbonyl (C=O) groups is 2. The molecule has 294 valence electrons. The predicted molar refractivity (Wildman–Crippen MR) is 218 cm³/mol. The topological polar surface area (TPSA) is 99.2 Å². The maximum atomic E-state index is 13.2. The SMILES string of the molecule is COc1ccc([C@@H](C)CN(C/C=C\CN2C=Cc3cc(OC)c(OC)cc3CC2=O)C/C=C\CN2C=Cc3cc(OC)c(OC)cc3CC2=O)cc1OC.Cl. The van der Waals surface area contributed by atoms with Gasteiger partial charge in [-0.3, -0.25) is 14.5 Å². The summed E-state index contributed by atoms with van der Waals surface area (Å²) in [6.45, 7) is 5.14. The molecule has 0 bridgehead atoms. The Balaban J connectivity index is 0.00000673. The van der Waals surface area contributed by atoms with Crippen LogP contribution in [0.1, 0.15) is 40.7 Å². The Morgan fingerprint density at radius 2 is 1.02 bits per heavy atom. The summed E-state index contributed by atoms with van der Waals surface area (Å²) >= 11 is 0. The van der Waals surface area contributed by atoms with E-state index in [1.54, 1.807) is 52.5 Å². The van der Waals surface area contributed by atoms with E-state index >= 15 is 0 Å². The molecule has 0 radical (unpaired) electrons. The molecule has 5 rings (SSSR count). The molecule has 55 heavy (non-hydrogen) atoms. The van der Waals surface area contributed by atoms with Gasteiger partial charge in [-0.25, -0.2) is 0 Å². The normalized spacial score (nSPS) is 14.3. The van der Waals surface area contributed by atoms with Crippen LogP contribution in [0.25, 0.3) is 12.2 Å². The number of halogens is 1. The third kappa shape index (κ3) is 10.6. The molecule has 0 fully saturated rings. The van der Waals surface area contributed by atoms with E-state index in [1.165, 1.54) is 0 Å². The molecule has 12 heteroatoms. The molecule has 0 unspecified atom stereocenters. The molecular formula is C43H52ClN3O8. The summed E-state index contributed by atoms with van der Waals surface area (Å²) in [6.07, 6.45) is 16.3. The molecule has 0 saturated carbocycles. The van der Waals surface area contributed by atoms with Crippen LogP contribution in [0, 0.1) is 0 Å². The third-order valence-electron chi connectivity index (χ3n) is 9.66. The Morgan fingerprint density at radius 1 is 0.600 bits per heavy atom. The van der Waals surface area contributed by atoms with Crippen molar-refractivity contribution in [2.24, 2.45) is 0 Å². The fraction of sp³-hybridized carbons (Fsp3) is 0.349. The maximum absolute atomic E-state index is 13.2. The lowest BCUT2D eigenvalue weighted by Gasteiger charge is -2.24. The lowest BCUT2D eigenvalue weighted by molar-refractivity contribution is -0.128. The van der Waals surface area contributed by atoms with E-state index in [-0.39, 0.29) is 43.0 Å². The lowest BCUT2D eigenvalue weighted by atomic mass is 10.00. The monoisotopic (exact) mass is 773 g/mol. The number of nitrogens with zero attached hydrogens (tertiary/aromatic N) is 3. The van der Waals surface area contributed by atoms with Gasteiger partial charge in [0, 0.05) is 45.1 Å². The molecule has 0 aromatic heterocycles. The van der Waals surface area contributed by atoms with Gasteiger partial charge >= 0.3 is 0 Å². The van der Waals surface area contributed by atoms with Crippen LogP contribution in [0.2, 0.25) is 0 Å². The molecule has 3 aromatic carbocycles. The van der Waals surface area contributed by atoms with Crippen LogP contribution in [0.4, 0.5) is 0 Å². The van der Waals surface area contributed by atoms with E-state index in [0.717, 1.165) is 34.4 Å². The quantitative estimate of drug-likeness (QED) is 0.137. The molecule has 0 saturated heterocycles. The van der Waals surface area contributed by atoms with E-state index in [4.69, 9.17) is 28.4 Å². The van der Waals surface area contributed by atoms with E-state index in [2.05, 4.69) is 30.0 Å². The van der Waals surface area contributed by atoms with Crippen molar-refractivity contribution in [3.05, 3.63) is 107 Å². The fourth-order valence-corrected chi connectivity index (χ4v) is 6.55. The van der Waals surface area contributed by atoms with E-state index in [0.29, 0.717) is 60.7 Å². The average molecular weight is 774 g/mol. The number of hydrogen-bond acceptors (Lipinski definition) is 9. The molecule has 3 aromatic rings. The highest BCUT2D eigenvalue weighted by Crippen LogP contribution is 2.34. The van der Waals surface area contributed by atoms with Crippen LogP contribution < -0.4 is 28.4 Å². The van der Waals surface area contributed by atoms with Crippen molar-refractivity contribution in [3.63, 3.8) is 0 Å². The fourth-order valence-electron chi connectivity index (χ4n) is 6.55. The first-order chi connectivity index (χ1) is 26.2. The number of rotatable bonds is 17. The van der Waals surface area contributed by atoms with Gasteiger partial charge < -0.3 is 38.2 Å². The number of carbonyl (C=O) groups excluding carboxylic acids is 2. The van der Waals surface area contributed by atoms with Gasteiger partial charge in [-0.1, -0.05) is 37.3 Å². The Kier molecular flexibility index (Phi) is 15.7. The first kappa shape index (κ1) is 42.4. The second-order valence-corrected chi connectivity index (χ2v) is 13.1. The standard InChI is InChI=1S/C43H51N3O8.ClH/c1-30(31-12-13-36(49-2)37(22-31)50-3)29-44(16-8-10-18-45-20-14-32-23-38(51-4)40(53-6)25-34(32)27-42(45)47)17-9-11-19-46-21-15-33-24-39(52-5)41(54-7)26-35(33)28-43(46)48;/h8-15,20-26,30H,16-19,27-29H2,1-7H3;1H/b10-8-,11-9-;/t30-;/m0./s1. The highest BCUT2D eigenvalue weighted by molar-refractivity contribution is 5.86. The van der Waals surface area contributed by atoms with Crippen molar-refractivity contribution in [2.75, 3.05) is 75.4 Å². The first-order valence-electron chi connectivity index (χ1n) is 17.9. The summed E-state index contributed by atoms with van der Waals surface area (Å²) in [6, 6.07) is 13.6. The van der Waals surface area contributed by atoms with Gasteiger partial charge in [-0.15, -0.1) is 12.4 Å². The van der Waals surface area contributed by atoms with Crippen molar-refractivity contribution < 1.29 is 38.0 Å². The zero-order valence-corrected chi connectivity index (χ0v) is 33.5. The molecule has 2 aliphatic heterocycles. The number of hydrogen-bond donors (Lipinski definition) is 0. The zero-order chi connectivity index (χ0) is 38.6. The Bertz CT molecular complexity index is 1820. The number of amides is 2. The Hall–Kier alpha value is -5.39. The van der Waals surface area contributed by atoms with Crippen molar-refractivity contribution in [2.45, 2.75) is 25.7 Å². The van der Waals surface area contributed by atoms with Gasteiger partial charge in [0.05, 0.1) is 55.5 Å². The molecule has 2 amide bonds. The van der Waals surface area contributed by atoms with Gasteiger partial charge in [0.2, 0.25) is 11.8 Å². The Morgan fingerprint density at radius 3 is 1.45 bits per heavy atom. The molecule has 1 atom stereocenters. The molecule has 2 aliphatic rings. The molecule has 0 aliphatic carbocycles. The molecule has 0 N–H and O–H groups in total. The largest absolute Gasteiger partial charge is 0.493 e. The van der Waals surface area contributed by atoms with E-state index in [9.17, 15) is 9.59 Å². The second kappa shape index (κ2) is 20.3. The summed E-state index contributed by atoms with van der Waals surface area (Å²) in [5, 5.41) is 0. The van der Waals surface area contributed by atoms with Crippen molar-refractivity contribution in [3.8, 4) is 34.5 Å². The predicted octanol–water partition coefficient (Wildman–Crippen LogP) is 6.79. The summed E-state index contributed by atoms with van der Waals surface area (Å²) in [4.78, 5) is 32.2. The van der Waals surface area contributed by atoms with E-state index in [1.807, 2.05) is 73.1 Å². The summed E-state index contributed by atoms with van der Waals surface area (Å²) in [7, 11) is 9.65. The summed E-state index contributed by atoms with van der Waals surface area (Å²) < 4.78 is 32.8. The first-order valence-corrected chi connectivity index (χ1v) is 17.9. The molecule has 2 heterocycles. The average Bonchev–Trinajstić information content (AvgIpc) is 3.44. The van der Waals surface area contributed by atoms with Crippen molar-refractivity contribution in [1.82, 2.24) is 14.7 Å². The minimum atomic E-state index is 0. The number of ether oxygens (including phenoxy) is 6. The smallest absolute Gasteiger partial charge is 0.231 e. The number of benzene rings is 3. The van der Waals surface area contributed by atoms with Gasteiger partial charge in [-0.05, 0) is 82.3 Å². The number of fused-ring (bicyclic) bond motifs is 2. The maximum Gasteiger partial charge on any atom is 0.231 e. The minimum Gasteiger partial charge on any atom is -0.493 e. The highest BCUT2D eigenvalue weighted by atomic mass is 35.5. The van der Waals surface area contributed by atoms with Crippen LogP contribution >= 0.6 is 12.4 Å². The van der Waals surface area contributed by atoms with E-state index < -0.39 is 0 Å². The minimum absolute atomic E-state index is 0. The van der Waals surface area contributed by atoms with Crippen LogP contribution in [-0.2, 0) is 22.4 Å². The van der Waals surface area contributed by atoms with Gasteiger partial charge in [0.1, 0.15) is 0 Å². The van der Waals surface area contributed by atoms with Gasteiger partial charge in [0.25, 0.3) is 0 Å². The van der Waals surface area contributed by atoms with Gasteiger partial charge in [0.15, 0.2) is 34.5 Å². The Labute approximate surface area is 330 Å². The van der Waals surface area contributed by atoms with Crippen molar-refractivity contribution in [1.29, 1.82) is 0 Å². The number of methoxy groups -OCH3 is 6. The third-order valence-corrected chi connectivity index (χ3v) is 9.66. The van der Waals surface area contributed by atoms with Crippen molar-refractivity contribution >= 4 is 36.4 Å². The highest BCUT2D eigenvalue weighted by Gasteiger charge is 2.21. The molecule has 11 nitrogen and oxygen atoms in total. The second-order valence-electron chi connectivity index (χ2n) is 13.1. The summed E-state index contributed by atoms with van der Waals surface area (Å²) in [5.41, 5.74) is 4.77. The van der Waals surface area contributed by atoms with Crippen LogP contribution in [0.15, 0.2) is 79.2 Å². The molecular weight excluding hydrogens is 722 g/mol. The molecule has 0 spiro atoms. The van der Waals surface area contributed by atoms with Gasteiger partial charge in [-0.2, -0.15) is 0 Å². The van der Waals surface area contributed by atoms with Crippen LogP contribution in [-0.4, -0.2) is 102 Å². The van der Waals surface area contributed by atoms with Crippen LogP contribution in [0.5, 0.6) is 34.5 Å².